The van der Waals surface area contributed by atoms with Gasteiger partial charge in [0.1, 0.15) is 18.7 Å². The number of aromatic nitrogens is 1. The zero-order chi connectivity index (χ0) is 29.2. The van der Waals surface area contributed by atoms with Crippen molar-refractivity contribution in [2.45, 2.75) is 19.9 Å². The molecule has 0 spiro atoms. The van der Waals surface area contributed by atoms with Crippen LogP contribution in [0.2, 0.25) is 0 Å². The molecule has 0 aliphatic rings. The van der Waals surface area contributed by atoms with Crippen molar-refractivity contribution in [3.05, 3.63) is 101 Å². The highest BCUT2D eigenvalue weighted by molar-refractivity contribution is 9.10. The van der Waals surface area contributed by atoms with Gasteiger partial charge in [-0.3, -0.25) is 10.1 Å². The first-order valence-electron chi connectivity index (χ1n) is 13.2. The van der Waals surface area contributed by atoms with Crippen LogP contribution in [0.5, 0.6) is 0 Å². The summed E-state index contributed by atoms with van der Waals surface area (Å²) in [5.41, 5.74) is 1.63. The van der Waals surface area contributed by atoms with Crippen LogP contribution in [0.4, 0.5) is 16.2 Å². The maximum absolute atomic E-state index is 13.6. The molecule has 1 aromatic heterocycles. The van der Waals surface area contributed by atoms with E-state index in [2.05, 4.69) is 26.0 Å². The second-order valence-electron chi connectivity index (χ2n) is 9.27. The monoisotopic (exact) mass is 639 g/mol. The molecule has 0 fully saturated rings. The normalized spacial score (nSPS) is 11.3. The number of carbonyl (C=O) groups excluding carboxylic acids is 2. The Morgan fingerprint density at radius 3 is 2.49 bits per heavy atom. The lowest BCUT2D eigenvalue weighted by atomic mass is 10.1. The molecule has 0 bridgehead atoms. The maximum Gasteiger partial charge on any atom is 0.411 e. The minimum absolute atomic E-state index is 0.0686. The van der Waals surface area contributed by atoms with Gasteiger partial charge in [0.25, 0.3) is 5.91 Å². The predicted octanol–water partition coefficient (Wildman–Crippen LogP) is 5.11. The number of carbonyl (C=O) groups is 2. The SMILES string of the molecule is CCC[n+]1cc(Br)cc(C(=O)N(CCS(=O)(=O)NCCOC(=O)Nc2cccc3ccccc23)c2ccccc2)c1. The number of halogens is 1. The Kier molecular flexibility index (Phi) is 10.4. The van der Waals surface area contributed by atoms with Crippen LogP contribution in [-0.2, 0) is 21.3 Å². The van der Waals surface area contributed by atoms with Gasteiger partial charge >= 0.3 is 6.09 Å². The summed E-state index contributed by atoms with van der Waals surface area (Å²) < 4.78 is 35.9. The van der Waals surface area contributed by atoms with E-state index in [1.165, 1.54) is 4.90 Å². The Balaban J connectivity index is 1.34. The lowest BCUT2D eigenvalue weighted by Crippen LogP contribution is -2.40. The molecule has 4 rings (SSSR count). The smallest absolute Gasteiger partial charge is 0.411 e. The molecule has 9 nitrogen and oxygen atoms in total. The molecular formula is C30H32BrN4O5S+. The van der Waals surface area contributed by atoms with Crippen LogP contribution in [0, 0.1) is 0 Å². The van der Waals surface area contributed by atoms with Crippen molar-refractivity contribution in [2.24, 2.45) is 0 Å². The Morgan fingerprint density at radius 2 is 1.71 bits per heavy atom. The second-order valence-corrected chi connectivity index (χ2v) is 12.1. The van der Waals surface area contributed by atoms with E-state index >= 15 is 0 Å². The second kappa shape index (κ2) is 14.2. The number of sulfonamides is 1. The van der Waals surface area contributed by atoms with Gasteiger partial charge in [-0.05, 0) is 45.6 Å². The lowest BCUT2D eigenvalue weighted by Gasteiger charge is -2.22. The molecule has 1 heterocycles. The number of benzene rings is 3. The van der Waals surface area contributed by atoms with E-state index in [0.717, 1.165) is 28.2 Å². The van der Waals surface area contributed by atoms with E-state index < -0.39 is 16.1 Å². The fraction of sp³-hybridized carbons (Fsp3) is 0.233. The first kappa shape index (κ1) is 30.2. The molecule has 3 aromatic carbocycles. The molecule has 11 heteroatoms. The molecule has 0 saturated carbocycles. The van der Waals surface area contributed by atoms with E-state index in [9.17, 15) is 18.0 Å². The van der Waals surface area contributed by atoms with Crippen molar-refractivity contribution in [3.63, 3.8) is 0 Å². The van der Waals surface area contributed by atoms with Crippen molar-refractivity contribution >= 4 is 60.1 Å². The van der Waals surface area contributed by atoms with Crippen LogP contribution < -0.4 is 19.5 Å². The highest BCUT2D eigenvalue weighted by Crippen LogP contribution is 2.23. The number of ether oxygens (including phenoxy) is 1. The Bertz CT molecular complexity index is 1610. The van der Waals surface area contributed by atoms with Crippen molar-refractivity contribution in [1.29, 1.82) is 0 Å². The van der Waals surface area contributed by atoms with Crippen LogP contribution in [-0.4, -0.2) is 45.9 Å². The molecule has 2 N–H and O–H groups in total. The molecule has 0 atom stereocenters. The zero-order valence-corrected chi connectivity index (χ0v) is 25.0. The van der Waals surface area contributed by atoms with Gasteiger partial charge in [0.05, 0.1) is 15.9 Å². The third-order valence-corrected chi connectivity index (χ3v) is 7.99. The van der Waals surface area contributed by atoms with Gasteiger partial charge in [-0.15, -0.1) is 0 Å². The molecule has 214 valence electrons. The Hall–Kier alpha value is -3.80. The molecule has 0 unspecified atom stereocenters. The van der Waals surface area contributed by atoms with Gasteiger partial charge in [-0.25, -0.2) is 22.5 Å². The van der Waals surface area contributed by atoms with Crippen molar-refractivity contribution < 1.29 is 27.3 Å². The Morgan fingerprint density at radius 1 is 0.976 bits per heavy atom. The summed E-state index contributed by atoms with van der Waals surface area (Å²) in [7, 11) is -3.78. The summed E-state index contributed by atoms with van der Waals surface area (Å²) in [4.78, 5) is 27.3. The number of anilines is 2. The number of aryl methyl sites for hydroxylation is 1. The largest absolute Gasteiger partial charge is 0.448 e. The average molecular weight is 641 g/mol. The summed E-state index contributed by atoms with van der Waals surface area (Å²) >= 11 is 3.46. The van der Waals surface area contributed by atoms with Crippen molar-refractivity contribution in [1.82, 2.24) is 4.72 Å². The molecule has 41 heavy (non-hydrogen) atoms. The zero-order valence-electron chi connectivity index (χ0n) is 22.6. The highest BCUT2D eigenvalue weighted by Gasteiger charge is 2.23. The summed E-state index contributed by atoms with van der Waals surface area (Å²) in [5, 5.41) is 4.54. The van der Waals surface area contributed by atoms with Crippen LogP contribution >= 0.6 is 15.9 Å². The predicted molar refractivity (Wildman–Crippen MR) is 163 cm³/mol. The number of hydrogen-bond donors (Lipinski definition) is 2. The standard InChI is InChI=1S/C30H31BrN4O5S/c1-2-16-34-21-24(20-25(31)22-34)29(36)35(26-11-4-3-5-12-26)17-19-41(38,39)32-15-18-40-30(37)33-28-14-8-10-23-9-6-7-13-27(23)28/h3-14,20-22,32H,2,15-19H2,1H3/p+1. The number of hydrogen-bond acceptors (Lipinski definition) is 5. The van der Waals surface area contributed by atoms with Crippen LogP contribution in [0.25, 0.3) is 10.8 Å². The molecule has 0 aliphatic heterocycles. The molecule has 4 aromatic rings. The third-order valence-electron chi connectivity index (χ3n) is 6.20. The molecule has 0 aliphatic carbocycles. The minimum Gasteiger partial charge on any atom is -0.448 e. The highest BCUT2D eigenvalue weighted by atomic mass is 79.9. The van der Waals surface area contributed by atoms with Crippen LogP contribution in [0.1, 0.15) is 23.7 Å². The minimum atomic E-state index is -3.78. The molecule has 0 saturated heterocycles. The number of fused-ring (bicyclic) bond motifs is 1. The lowest BCUT2D eigenvalue weighted by molar-refractivity contribution is -0.697. The fourth-order valence-corrected chi connectivity index (χ4v) is 5.79. The van der Waals surface area contributed by atoms with E-state index in [1.54, 1.807) is 42.6 Å². The fourth-order valence-electron chi connectivity index (χ4n) is 4.32. The topological polar surface area (TPSA) is 109 Å². The van der Waals surface area contributed by atoms with Crippen molar-refractivity contribution in [3.8, 4) is 0 Å². The van der Waals surface area contributed by atoms with E-state index in [4.69, 9.17) is 4.74 Å². The summed E-state index contributed by atoms with van der Waals surface area (Å²) in [6.45, 7) is 2.46. The van der Waals surface area contributed by atoms with Crippen molar-refractivity contribution in [2.75, 3.05) is 35.7 Å². The van der Waals surface area contributed by atoms with E-state index in [1.807, 2.05) is 60.2 Å². The molecular weight excluding hydrogens is 608 g/mol. The molecule has 0 radical (unpaired) electrons. The first-order valence-corrected chi connectivity index (χ1v) is 15.7. The average Bonchev–Trinajstić information content (AvgIpc) is 2.96. The van der Waals surface area contributed by atoms with Crippen LogP contribution in [0.3, 0.4) is 0 Å². The first-order chi connectivity index (χ1) is 19.8. The van der Waals surface area contributed by atoms with E-state index in [0.29, 0.717) is 16.9 Å². The number of pyridine rings is 1. The Labute approximate surface area is 248 Å². The summed E-state index contributed by atoms with van der Waals surface area (Å²) in [6.07, 6.45) is 3.87. The number of amides is 2. The van der Waals surface area contributed by atoms with E-state index in [-0.39, 0.29) is 31.4 Å². The number of rotatable bonds is 12. The summed E-state index contributed by atoms with van der Waals surface area (Å²) in [6, 6.07) is 23.8. The van der Waals surface area contributed by atoms with Gasteiger partial charge in [0.15, 0.2) is 12.4 Å². The number of nitrogens with one attached hydrogen (secondary N) is 2. The van der Waals surface area contributed by atoms with Crippen LogP contribution in [0.15, 0.2) is 95.7 Å². The van der Waals surface area contributed by atoms with Gasteiger partial charge in [-0.2, -0.15) is 0 Å². The van der Waals surface area contributed by atoms with Gasteiger partial charge in [-0.1, -0.05) is 61.5 Å². The maximum atomic E-state index is 13.6. The van der Waals surface area contributed by atoms with Gasteiger partial charge < -0.3 is 9.64 Å². The van der Waals surface area contributed by atoms with Gasteiger partial charge in [0, 0.05) is 30.6 Å². The van der Waals surface area contributed by atoms with Gasteiger partial charge in [0.2, 0.25) is 10.0 Å². The number of para-hydroxylation sites is 1. The molecule has 2 amide bonds. The quantitative estimate of drug-likeness (QED) is 0.165. The number of nitrogens with zero attached hydrogens (tertiary/aromatic N) is 2. The third kappa shape index (κ3) is 8.59. The summed E-state index contributed by atoms with van der Waals surface area (Å²) in [5.74, 6) is -0.648.